The van der Waals surface area contributed by atoms with E-state index in [1.165, 1.54) is 0 Å². The van der Waals surface area contributed by atoms with Crippen LogP contribution in [-0.4, -0.2) is 60.7 Å². The summed E-state index contributed by atoms with van der Waals surface area (Å²) in [6, 6.07) is 5.50. The van der Waals surface area contributed by atoms with Gasteiger partial charge in [-0.2, -0.15) is 0 Å². The van der Waals surface area contributed by atoms with E-state index in [4.69, 9.17) is 28.7 Å². The van der Waals surface area contributed by atoms with E-state index in [9.17, 15) is 9.59 Å². The number of rotatable bonds is 0. The number of aliphatic imine (C=N–C) groups is 1. The maximum atomic E-state index is 13.1. The van der Waals surface area contributed by atoms with Gasteiger partial charge in [0, 0.05) is 10.0 Å². The smallest absolute Gasteiger partial charge is 0.428 e. The number of benzene rings is 1. The summed E-state index contributed by atoms with van der Waals surface area (Å²) in [5.41, 5.74) is -2.27. The van der Waals surface area contributed by atoms with Gasteiger partial charge in [-0.3, -0.25) is 0 Å². The number of hydrogen-bond donors (Lipinski definition) is 0. The molecular weight excluding hydrogens is 496 g/mol. The van der Waals surface area contributed by atoms with E-state index < -0.39 is 34.3 Å². The molecule has 1 aromatic carbocycles. The van der Waals surface area contributed by atoms with Gasteiger partial charge in [-0.05, 0) is 59.7 Å². The van der Waals surface area contributed by atoms with Gasteiger partial charge in [0.05, 0.1) is 18.6 Å². The van der Waals surface area contributed by atoms with Crippen LogP contribution in [0.1, 0.15) is 47.1 Å². The second-order valence-electron chi connectivity index (χ2n) is 10.5. The van der Waals surface area contributed by atoms with Crippen LogP contribution in [0.4, 0.5) is 9.59 Å². The first kappa shape index (κ1) is 23.8. The lowest BCUT2D eigenvalue weighted by Crippen LogP contribution is -2.63. The third-order valence-electron chi connectivity index (χ3n) is 5.57. The first-order valence-corrected chi connectivity index (χ1v) is 11.5. The van der Waals surface area contributed by atoms with Gasteiger partial charge in [-0.1, -0.05) is 15.9 Å². The zero-order valence-corrected chi connectivity index (χ0v) is 21.3. The SMILES string of the molecule is CC(C)(C)OC(=O)N(C(=O)OC(C)(C)C)C1=N[C@@]2(CO1)c1cc(Br)ccc1OCC21COC1. The molecule has 0 N–H and O–H groups in total. The molecule has 10 heteroatoms. The van der Waals surface area contributed by atoms with E-state index in [1.54, 1.807) is 41.5 Å². The molecule has 9 nitrogen and oxygen atoms in total. The van der Waals surface area contributed by atoms with E-state index in [0.717, 1.165) is 14.9 Å². The first-order chi connectivity index (χ1) is 15.3. The van der Waals surface area contributed by atoms with Gasteiger partial charge in [0.25, 0.3) is 0 Å². The van der Waals surface area contributed by atoms with Crippen LogP contribution in [0.2, 0.25) is 0 Å². The van der Waals surface area contributed by atoms with Crippen molar-refractivity contribution in [2.24, 2.45) is 10.4 Å². The van der Waals surface area contributed by atoms with E-state index in [2.05, 4.69) is 15.9 Å². The Kier molecular flexibility index (Phi) is 5.68. The maximum absolute atomic E-state index is 13.1. The van der Waals surface area contributed by atoms with Crippen LogP contribution in [-0.2, 0) is 24.5 Å². The van der Waals surface area contributed by atoms with Crippen molar-refractivity contribution in [2.75, 3.05) is 26.4 Å². The highest BCUT2D eigenvalue weighted by Gasteiger charge is 2.65. The summed E-state index contributed by atoms with van der Waals surface area (Å²) in [5.74, 6) is 0.672. The molecule has 1 aromatic rings. The molecule has 0 saturated carbocycles. The van der Waals surface area contributed by atoms with Crippen molar-refractivity contribution in [3.05, 3.63) is 28.2 Å². The molecule has 1 atom stereocenters. The molecule has 3 heterocycles. The number of amidine groups is 1. The Morgan fingerprint density at radius 2 is 1.58 bits per heavy atom. The third kappa shape index (κ3) is 4.30. The molecule has 0 radical (unpaired) electrons. The summed E-state index contributed by atoms with van der Waals surface area (Å²) in [4.78, 5) is 31.8. The average Bonchev–Trinajstić information content (AvgIpc) is 3.04. The Balaban J connectivity index is 1.80. The molecular formula is C23H29BrN2O7. The quantitative estimate of drug-likeness (QED) is 0.488. The highest BCUT2D eigenvalue weighted by atomic mass is 79.9. The Hall–Kier alpha value is -2.33. The van der Waals surface area contributed by atoms with E-state index >= 15 is 0 Å². The topological polar surface area (TPSA) is 95.9 Å². The molecule has 0 aromatic heterocycles. The molecule has 2 amide bonds. The van der Waals surface area contributed by atoms with Crippen molar-refractivity contribution < 1.29 is 33.3 Å². The van der Waals surface area contributed by atoms with Gasteiger partial charge in [0.1, 0.15) is 35.7 Å². The highest BCUT2D eigenvalue weighted by Crippen LogP contribution is 2.56. The zero-order chi connectivity index (χ0) is 24.2. The van der Waals surface area contributed by atoms with E-state index in [1.807, 2.05) is 18.2 Å². The zero-order valence-electron chi connectivity index (χ0n) is 19.7. The van der Waals surface area contributed by atoms with Crippen LogP contribution < -0.4 is 4.74 Å². The van der Waals surface area contributed by atoms with Crippen LogP contribution in [0, 0.1) is 5.41 Å². The number of amides is 2. The fourth-order valence-electron chi connectivity index (χ4n) is 4.01. The second kappa shape index (κ2) is 7.87. The monoisotopic (exact) mass is 524 g/mol. The minimum Gasteiger partial charge on any atom is -0.492 e. The average molecular weight is 525 g/mol. The lowest BCUT2D eigenvalue weighted by atomic mass is 9.64. The van der Waals surface area contributed by atoms with Crippen molar-refractivity contribution in [2.45, 2.75) is 58.3 Å². The molecule has 33 heavy (non-hydrogen) atoms. The lowest BCUT2D eigenvalue weighted by Gasteiger charge is -2.53. The summed E-state index contributed by atoms with van der Waals surface area (Å²) in [6.45, 7) is 11.6. The van der Waals surface area contributed by atoms with E-state index in [-0.39, 0.29) is 12.6 Å². The summed E-state index contributed by atoms with van der Waals surface area (Å²) in [5, 5.41) is 0. The summed E-state index contributed by atoms with van der Waals surface area (Å²) >= 11 is 3.52. The van der Waals surface area contributed by atoms with E-state index in [0.29, 0.717) is 25.6 Å². The van der Waals surface area contributed by atoms with Crippen LogP contribution in [0.25, 0.3) is 0 Å². The maximum Gasteiger partial charge on any atom is 0.428 e. The van der Waals surface area contributed by atoms with Gasteiger partial charge in [-0.15, -0.1) is 4.90 Å². The van der Waals surface area contributed by atoms with Crippen LogP contribution in [0.15, 0.2) is 27.7 Å². The van der Waals surface area contributed by atoms with Crippen molar-refractivity contribution in [3.63, 3.8) is 0 Å². The fraction of sp³-hybridized carbons (Fsp3) is 0.609. The van der Waals surface area contributed by atoms with Gasteiger partial charge >= 0.3 is 18.2 Å². The molecule has 0 aliphatic carbocycles. The molecule has 4 rings (SSSR count). The number of carbonyl (C=O) groups excluding carboxylic acids is 2. The molecule has 0 unspecified atom stereocenters. The highest BCUT2D eigenvalue weighted by molar-refractivity contribution is 9.10. The Morgan fingerprint density at radius 1 is 0.970 bits per heavy atom. The Morgan fingerprint density at radius 3 is 2.09 bits per heavy atom. The van der Waals surface area contributed by atoms with Crippen molar-refractivity contribution >= 4 is 34.1 Å². The molecule has 3 aliphatic heterocycles. The number of halogens is 1. The minimum atomic E-state index is -0.923. The largest absolute Gasteiger partial charge is 0.492 e. The number of nitrogens with zero attached hydrogens (tertiary/aromatic N) is 2. The summed E-state index contributed by atoms with van der Waals surface area (Å²) < 4.78 is 29.3. The Bertz CT molecular complexity index is 979. The molecule has 1 saturated heterocycles. The predicted octanol–water partition coefficient (Wildman–Crippen LogP) is 4.61. The number of carbonyl (C=O) groups is 2. The number of imide groups is 1. The summed E-state index contributed by atoms with van der Waals surface area (Å²) in [7, 11) is 0. The van der Waals surface area contributed by atoms with Crippen LogP contribution >= 0.6 is 15.9 Å². The molecule has 1 fully saturated rings. The second-order valence-corrected chi connectivity index (χ2v) is 11.5. The third-order valence-corrected chi connectivity index (χ3v) is 6.06. The van der Waals surface area contributed by atoms with Crippen LogP contribution in [0.5, 0.6) is 5.75 Å². The number of fused-ring (bicyclic) bond motifs is 3. The summed E-state index contributed by atoms with van der Waals surface area (Å²) in [6.07, 6.45) is -1.85. The van der Waals surface area contributed by atoms with Crippen molar-refractivity contribution in [1.82, 2.24) is 4.90 Å². The molecule has 180 valence electrons. The number of hydrogen-bond acceptors (Lipinski definition) is 8. The van der Waals surface area contributed by atoms with Crippen molar-refractivity contribution in [1.29, 1.82) is 0 Å². The molecule has 0 bridgehead atoms. The van der Waals surface area contributed by atoms with Crippen LogP contribution in [0.3, 0.4) is 0 Å². The normalized spacial score (nSPS) is 23.1. The van der Waals surface area contributed by atoms with Gasteiger partial charge in [0.15, 0.2) is 0 Å². The predicted molar refractivity (Wildman–Crippen MR) is 122 cm³/mol. The minimum absolute atomic E-state index is 0.112. The van der Waals surface area contributed by atoms with Gasteiger partial charge in [0.2, 0.25) is 0 Å². The van der Waals surface area contributed by atoms with Crippen molar-refractivity contribution in [3.8, 4) is 5.75 Å². The fourth-order valence-corrected chi connectivity index (χ4v) is 4.37. The number of ether oxygens (including phenoxy) is 5. The molecule has 2 spiro atoms. The molecule has 3 aliphatic rings. The first-order valence-electron chi connectivity index (χ1n) is 10.7. The van der Waals surface area contributed by atoms with Gasteiger partial charge < -0.3 is 23.7 Å². The lowest BCUT2D eigenvalue weighted by molar-refractivity contribution is -0.185. The Labute approximate surface area is 201 Å². The van der Waals surface area contributed by atoms with Gasteiger partial charge in [-0.25, -0.2) is 14.6 Å². The standard InChI is InChI=1S/C23H29BrN2O7/c1-20(2,3)32-18(27)26(19(28)33-21(4,5)6)17-25-23(13-31-17)15-9-14(24)7-8-16(15)30-12-22(23)10-29-11-22/h7-9H,10-13H2,1-6H3/t23-/m0/s1.